The zero-order valence-corrected chi connectivity index (χ0v) is 8.59. The normalized spacial score (nSPS) is 30.0. The minimum atomic E-state index is -0.797. The number of hydrogen-bond acceptors (Lipinski definition) is 2. The molecule has 0 saturated carbocycles. The van der Waals surface area contributed by atoms with E-state index in [-0.39, 0.29) is 0 Å². The number of rotatable bonds is 2. The molecule has 1 saturated heterocycles. The lowest BCUT2D eigenvalue weighted by atomic mass is 10.4. The molecule has 1 heterocycles. The van der Waals surface area contributed by atoms with E-state index in [2.05, 4.69) is 19.6 Å². The molecule has 0 aromatic heterocycles. The van der Waals surface area contributed by atoms with Crippen LogP contribution in [0, 0.1) is 0 Å². The van der Waals surface area contributed by atoms with E-state index in [1.165, 1.54) is 18.9 Å². The molecule has 0 amide bonds. The second-order valence-electron chi connectivity index (χ2n) is 3.06. The molecular formula is C7H16OSSi. The highest BCUT2D eigenvalue weighted by Gasteiger charge is 2.21. The van der Waals surface area contributed by atoms with Gasteiger partial charge in [0.1, 0.15) is 0 Å². The predicted molar refractivity (Wildman–Crippen MR) is 50.4 cm³/mol. The van der Waals surface area contributed by atoms with Crippen LogP contribution < -0.4 is 0 Å². The summed E-state index contributed by atoms with van der Waals surface area (Å²) < 4.78 is 5.72. The van der Waals surface area contributed by atoms with E-state index in [4.69, 9.17) is 4.43 Å². The summed E-state index contributed by atoms with van der Waals surface area (Å²) in [6.45, 7) is 3.30. The van der Waals surface area contributed by atoms with E-state index in [1.54, 1.807) is 0 Å². The Morgan fingerprint density at radius 2 is 2.40 bits per heavy atom. The summed E-state index contributed by atoms with van der Waals surface area (Å²) in [5, 5.41) is 0. The molecule has 1 nitrogen and oxygen atoms in total. The summed E-state index contributed by atoms with van der Waals surface area (Å²) in [7, 11) is -0.797. The van der Waals surface area contributed by atoms with Gasteiger partial charge in [-0.15, -0.1) is 0 Å². The molecule has 2 atom stereocenters. The Bertz CT molecular complexity index is 93.6. The van der Waals surface area contributed by atoms with Gasteiger partial charge in [-0.05, 0) is 23.8 Å². The Balaban J connectivity index is 2.24. The highest BCUT2D eigenvalue weighted by Crippen LogP contribution is 2.21. The minimum Gasteiger partial charge on any atom is -0.420 e. The van der Waals surface area contributed by atoms with Crippen LogP contribution in [0.15, 0.2) is 0 Å². The Kier molecular flexibility index (Phi) is 3.81. The van der Waals surface area contributed by atoms with Gasteiger partial charge in [-0.2, -0.15) is 12.6 Å². The molecular weight excluding hydrogens is 160 g/mol. The van der Waals surface area contributed by atoms with Crippen molar-refractivity contribution in [1.29, 1.82) is 0 Å². The van der Waals surface area contributed by atoms with Crippen LogP contribution >= 0.6 is 12.6 Å². The molecule has 0 aliphatic carbocycles. The van der Waals surface area contributed by atoms with E-state index >= 15 is 0 Å². The van der Waals surface area contributed by atoms with Crippen molar-refractivity contribution in [2.24, 2.45) is 0 Å². The van der Waals surface area contributed by atoms with Gasteiger partial charge in [0.05, 0.1) is 0 Å². The Morgan fingerprint density at radius 3 is 2.90 bits per heavy atom. The molecule has 10 heavy (non-hydrogen) atoms. The molecule has 1 rings (SSSR count). The highest BCUT2D eigenvalue weighted by atomic mass is 32.1. The van der Waals surface area contributed by atoms with Crippen LogP contribution in [0.25, 0.3) is 0 Å². The standard InChI is InChI=1S/C7H16OSSi/c1-7(6-9)10-5-3-2-4-8-10/h7,9-10H,2-6H2,1H3. The third-order valence-corrected chi connectivity index (χ3v) is 6.26. The molecule has 0 aromatic rings. The van der Waals surface area contributed by atoms with Gasteiger partial charge in [0.25, 0.3) is 0 Å². The monoisotopic (exact) mass is 176 g/mol. The fraction of sp³-hybridized carbons (Fsp3) is 1.00. The lowest BCUT2D eigenvalue weighted by Gasteiger charge is -2.25. The first-order chi connectivity index (χ1) is 4.84. The molecule has 1 aliphatic heterocycles. The first-order valence-electron chi connectivity index (χ1n) is 4.07. The SMILES string of the molecule is CC(CS)[SiH]1CCCCO1. The molecule has 2 unspecified atom stereocenters. The van der Waals surface area contributed by atoms with E-state index in [0.717, 1.165) is 17.9 Å². The van der Waals surface area contributed by atoms with Crippen LogP contribution in [0.4, 0.5) is 0 Å². The van der Waals surface area contributed by atoms with Crippen LogP contribution in [-0.4, -0.2) is 21.4 Å². The van der Waals surface area contributed by atoms with Crippen molar-refractivity contribution in [2.45, 2.75) is 31.4 Å². The molecule has 1 aliphatic rings. The first-order valence-corrected chi connectivity index (χ1v) is 6.65. The van der Waals surface area contributed by atoms with Crippen LogP contribution in [0.1, 0.15) is 19.8 Å². The third-order valence-electron chi connectivity index (χ3n) is 2.14. The Morgan fingerprint density at radius 1 is 1.60 bits per heavy atom. The number of thiol groups is 1. The minimum absolute atomic E-state index is 0.767. The predicted octanol–water partition coefficient (Wildman–Crippen LogP) is 1.84. The van der Waals surface area contributed by atoms with Crippen LogP contribution in [0.2, 0.25) is 11.6 Å². The molecule has 0 bridgehead atoms. The van der Waals surface area contributed by atoms with Crippen molar-refractivity contribution < 1.29 is 4.43 Å². The zero-order valence-electron chi connectivity index (χ0n) is 6.55. The summed E-state index contributed by atoms with van der Waals surface area (Å²) in [5.74, 6) is 1.01. The summed E-state index contributed by atoms with van der Waals surface area (Å²) in [4.78, 5) is 0. The summed E-state index contributed by atoms with van der Waals surface area (Å²) in [6.07, 6.45) is 2.68. The smallest absolute Gasteiger partial charge is 0.180 e. The topological polar surface area (TPSA) is 9.23 Å². The molecule has 3 heteroatoms. The lowest BCUT2D eigenvalue weighted by Crippen LogP contribution is -2.28. The average Bonchev–Trinajstić information content (AvgIpc) is 2.05. The quantitative estimate of drug-likeness (QED) is 0.499. The van der Waals surface area contributed by atoms with Gasteiger partial charge < -0.3 is 4.43 Å². The van der Waals surface area contributed by atoms with E-state index in [0.29, 0.717) is 0 Å². The van der Waals surface area contributed by atoms with Crippen molar-refractivity contribution in [2.75, 3.05) is 12.4 Å². The largest absolute Gasteiger partial charge is 0.420 e. The van der Waals surface area contributed by atoms with Gasteiger partial charge in [-0.1, -0.05) is 13.3 Å². The van der Waals surface area contributed by atoms with E-state index in [9.17, 15) is 0 Å². The molecule has 0 aromatic carbocycles. The second-order valence-corrected chi connectivity index (χ2v) is 6.56. The Hall–Kier alpha value is 0.527. The van der Waals surface area contributed by atoms with Crippen molar-refractivity contribution >= 4 is 21.7 Å². The zero-order chi connectivity index (χ0) is 7.40. The van der Waals surface area contributed by atoms with Crippen LogP contribution in [-0.2, 0) is 4.43 Å². The Labute approximate surface area is 70.3 Å². The van der Waals surface area contributed by atoms with E-state index in [1.807, 2.05) is 0 Å². The average molecular weight is 176 g/mol. The first kappa shape index (κ1) is 8.62. The van der Waals surface area contributed by atoms with Crippen molar-refractivity contribution in [1.82, 2.24) is 0 Å². The molecule has 0 radical (unpaired) electrons. The van der Waals surface area contributed by atoms with Crippen molar-refractivity contribution in [3.63, 3.8) is 0 Å². The van der Waals surface area contributed by atoms with Gasteiger partial charge in [-0.25, -0.2) is 0 Å². The lowest BCUT2D eigenvalue weighted by molar-refractivity contribution is 0.282. The summed E-state index contributed by atoms with van der Waals surface area (Å²) in [6, 6.07) is 1.38. The van der Waals surface area contributed by atoms with Crippen molar-refractivity contribution in [3.8, 4) is 0 Å². The maximum Gasteiger partial charge on any atom is 0.180 e. The van der Waals surface area contributed by atoms with Gasteiger partial charge >= 0.3 is 0 Å². The highest BCUT2D eigenvalue weighted by molar-refractivity contribution is 7.80. The fourth-order valence-corrected chi connectivity index (χ4v) is 4.50. The molecule has 0 N–H and O–H groups in total. The molecule has 0 spiro atoms. The van der Waals surface area contributed by atoms with Gasteiger partial charge in [0.2, 0.25) is 0 Å². The van der Waals surface area contributed by atoms with Gasteiger partial charge in [0, 0.05) is 6.61 Å². The maximum atomic E-state index is 5.72. The fourth-order valence-electron chi connectivity index (χ4n) is 1.33. The van der Waals surface area contributed by atoms with Crippen molar-refractivity contribution in [3.05, 3.63) is 0 Å². The second kappa shape index (κ2) is 4.41. The summed E-state index contributed by atoms with van der Waals surface area (Å²) in [5.41, 5.74) is 0.767. The summed E-state index contributed by atoms with van der Waals surface area (Å²) >= 11 is 4.28. The third kappa shape index (κ3) is 2.29. The molecule has 60 valence electrons. The van der Waals surface area contributed by atoms with Gasteiger partial charge in [-0.3, -0.25) is 0 Å². The maximum absolute atomic E-state index is 5.72. The van der Waals surface area contributed by atoms with Crippen LogP contribution in [0.3, 0.4) is 0 Å². The number of hydrogen-bond donors (Lipinski definition) is 1. The molecule has 1 fully saturated rings. The van der Waals surface area contributed by atoms with Gasteiger partial charge in [0.15, 0.2) is 9.04 Å². The van der Waals surface area contributed by atoms with E-state index < -0.39 is 9.04 Å². The van der Waals surface area contributed by atoms with Crippen LogP contribution in [0.5, 0.6) is 0 Å².